The van der Waals surface area contributed by atoms with Crippen LogP contribution in [0.2, 0.25) is 0 Å². The molecule has 5 nitrogen and oxygen atoms in total. The lowest BCUT2D eigenvalue weighted by atomic mass is 10.1. The monoisotopic (exact) mass is 306 g/mol. The zero-order valence-corrected chi connectivity index (χ0v) is 12.0. The average Bonchev–Trinajstić information content (AvgIpc) is 2.24. The van der Waals surface area contributed by atoms with E-state index in [-0.39, 0.29) is 12.8 Å². The second-order valence-corrected chi connectivity index (χ2v) is 4.98. The number of rotatable bonds is 5. The molecule has 0 radical (unpaired) electrons. The number of carbonyl (C=O) groups is 1. The molecule has 0 saturated carbocycles. The third-order valence-corrected chi connectivity index (χ3v) is 3.26. The van der Waals surface area contributed by atoms with Crippen LogP contribution in [0.5, 0.6) is 0 Å². The molecule has 0 fully saturated rings. The van der Waals surface area contributed by atoms with Gasteiger partial charge in [0.15, 0.2) is 0 Å². The molecule has 0 aliphatic carbocycles. The number of carboxylic acid groups (broad SMARTS) is 1. The van der Waals surface area contributed by atoms with Gasteiger partial charge in [0.1, 0.15) is 0 Å². The Hall–Kier alpha value is -1.86. The summed E-state index contributed by atoms with van der Waals surface area (Å²) in [6.07, 6.45) is -5.58. The molecule has 0 spiro atoms. The number of halogens is 3. The smallest absolute Gasteiger partial charge is 0.391 e. The highest BCUT2D eigenvalue weighted by Gasteiger charge is 2.32. The standard InChI is InChI=1S/C13H17F3N2O3/c1-7(6-13(14,15)16)18-9(3)10(4-5-11(19)20)8(2)17-12(18)21/h7H,4-6H2,1-3H3,(H,19,20). The molecule has 118 valence electrons. The molecular weight excluding hydrogens is 289 g/mol. The number of aliphatic carboxylic acids is 1. The van der Waals surface area contributed by atoms with Gasteiger partial charge in [0, 0.05) is 23.9 Å². The summed E-state index contributed by atoms with van der Waals surface area (Å²) in [6, 6.07) is -1.09. The number of hydrogen-bond donors (Lipinski definition) is 1. The van der Waals surface area contributed by atoms with Crippen molar-refractivity contribution in [2.24, 2.45) is 0 Å². The van der Waals surface area contributed by atoms with E-state index in [0.717, 1.165) is 4.57 Å². The zero-order chi connectivity index (χ0) is 16.4. The number of alkyl halides is 3. The van der Waals surface area contributed by atoms with Gasteiger partial charge in [0.2, 0.25) is 0 Å². The summed E-state index contributed by atoms with van der Waals surface area (Å²) in [6.45, 7) is 4.35. The normalized spacial score (nSPS) is 13.2. The SMILES string of the molecule is Cc1nc(=O)n(C(C)CC(F)(F)F)c(C)c1CCC(=O)O. The Morgan fingerprint density at radius 1 is 1.38 bits per heavy atom. The van der Waals surface area contributed by atoms with Gasteiger partial charge in [-0.1, -0.05) is 0 Å². The van der Waals surface area contributed by atoms with Crippen molar-refractivity contribution in [3.63, 3.8) is 0 Å². The van der Waals surface area contributed by atoms with Crippen molar-refractivity contribution >= 4 is 5.97 Å². The van der Waals surface area contributed by atoms with Crippen molar-refractivity contribution < 1.29 is 23.1 Å². The molecule has 0 aromatic carbocycles. The molecule has 21 heavy (non-hydrogen) atoms. The summed E-state index contributed by atoms with van der Waals surface area (Å²) < 4.78 is 38.4. The van der Waals surface area contributed by atoms with Gasteiger partial charge in [-0.3, -0.25) is 9.36 Å². The fourth-order valence-electron chi connectivity index (χ4n) is 2.35. The summed E-state index contributed by atoms with van der Waals surface area (Å²) in [5.74, 6) is -1.02. The molecular formula is C13H17F3N2O3. The molecule has 1 heterocycles. The average molecular weight is 306 g/mol. The maximum absolute atomic E-state index is 12.5. The van der Waals surface area contributed by atoms with Gasteiger partial charge in [-0.15, -0.1) is 0 Å². The van der Waals surface area contributed by atoms with Crippen molar-refractivity contribution in [3.8, 4) is 0 Å². The van der Waals surface area contributed by atoms with Crippen LogP contribution in [0.15, 0.2) is 4.79 Å². The van der Waals surface area contributed by atoms with E-state index in [2.05, 4.69) is 4.98 Å². The van der Waals surface area contributed by atoms with Crippen LogP contribution >= 0.6 is 0 Å². The van der Waals surface area contributed by atoms with Gasteiger partial charge in [0.25, 0.3) is 0 Å². The molecule has 1 aromatic heterocycles. The molecule has 1 rings (SSSR count). The van der Waals surface area contributed by atoms with Crippen molar-refractivity contribution in [2.75, 3.05) is 0 Å². The Morgan fingerprint density at radius 3 is 2.43 bits per heavy atom. The van der Waals surface area contributed by atoms with Gasteiger partial charge in [-0.05, 0) is 32.8 Å². The lowest BCUT2D eigenvalue weighted by Gasteiger charge is -2.21. The van der Waals surface area contributed by atoms with Gasteiger partial charge in [-0.2, -0.15) is 18.2 Å². The Kier molecular flexibility index (Phi) is 5.14. The third-order valence-electron chi connectivity index (χ3n) is 3.26. The predicted molar refractivity (Wildman–Crippen MR) is 69.3 cm³/mol. The zero-order valence-electron chi connectivity index (χ0n) is 12.0. The molecule has 0 aliphatic heterocycles. The van der Waals surface area contributed by atoms with Gasteiger partial charge in [0.05, 0.1) is 6.42 Å². The Labute approximate surface area is 119 Å². The van der Waals surface area contributed by atoms with E-state index in [9.17, 15) is 22.8 Å². The Balaban J connectivity index is 3.23. The summed E-state index contributed by atoms with van der Waals surface area (Å²) in [7, 11) is 0. The highest BCUT2D eigenvalue weighted by molar-refractivity contribution is 5.67. The minimum atomic E-state index is -4.39. The first-order valence-corrected chi connectivity index (χ1v) is 6.40. The second kappa shape index (κ2) is 6.28. The first kappa shape index (κ1) is 17.2. The summed E-state index contributed by atoms with van der Waals surface area (Å²) >= 11 is 0. The molecule has 8 heteroatoms. The van der Waals surface area contributed by atoms with Crippen LogP contribution in [-0.4, -0.2) is 26.8 Å². The minimum Gasteiger partial charge on any atom is -0.481 e. The Morgan fingerprint density at radius 2 is 1.95 bits per heavy atom. The van der Waals surface area contributed by atoms with E-state index in [1.54, 1.807) is 6.92 Å². The first-order chi connectivity index (χ1) is 9.53. The topological polar surface area (TPSA) is 72.2 Å². The third kappa shape index (κ3) is 4.57. The molecule has 1 aromatic rings. The van der Waals surface area contributed by atoms with Gasteiger partial charge in [-0.25, -0.2) is 4.79 Å². The van der Waals surface area contributed by atoms with Crippen LogP contribution in [-0.2, 0) is 11.2 Å². The van der Waals surface area contributed by atoms with E-state index in [1.807, 2.05) is 0 Å². The van der Waals surface area contributed by atoms with Crippen LogP contribution < -0.4 is 5.69 Å². The highest BCUT2D eigenvalue weighted by atomic mass is 19.4. The summed E-state index contributed by atoms with van der Waals surface area (Å²) in [4.78, 5) is 26.2. The molecule has 1 unspecified atom stereocenters. The van der Waals surface area contributed by atoms with Crippen LogP contribution in [0.25, 0.3) is 0 Å². The van der Waals surface area contributed by atoms with E-state index in [1.165, 1.54) is 13.8 Å². The number of aromatic nitrogens is 2. The number of nitrogens with zero attached hydrogens (tertiary/aromatic N) is 2. The summed E-state index contributed by atoms with van der Waals surface area (Å²) in [5.41, 5.74) is 0.451. The van der Waals surface area contributed by atoms with Crippen molar-refractivity contribution in [2.45, 2.75) is 52.3 Å². The van der Waals surface area contributed by atoms with E-state index < -0.39 is 30.3 Å². The summed E-state index contributed by atoms with van der Waals surface area (Å²) in [5, 5.41) is 8.70. The number of carboxylic acids is 1. The molecule has 1 N–H and O–H groups in total. The fraction of sp³-hybridized carbons (Fsp3) is 0.615. The van der Waals surface area contributed by atoms with Crippen molar-refractivity contribution in [3.05, 3.63) is 27.4 Å². The van der Waals surface area contributed by atoms with E-state index >= 15 is 0 Å². The fourth-order valence-corrected chi connectivity index (χ4v) is 2.35. The highest BCUT2D eigenvalue weighted by Crippen LogP contribution is 2.28. The maximum atomic E-state index is 12.5. The van der Waals surface area contributed by atoms with E-state index in [0.29, 0.717) is 17.0 Å². The molecule has 0 saturated heterocycles. The Bertz CT molecular complexity index is 594. The molecule has 0 amide bonds. The van der Waals surface area contributed by atoms with Crippen LogP contribution in [0, 0.1) is 13.8 Å². The molecule has 0 aliphatic rings. The van der Waals surface area contributed by atoms with Crippen LogP contribution in [0.1, 0.15) is 42.8 Å². The van der Waals surface area contributed by atoms with Gasteiger partial charge >= 0.3 is 17.8 Å². The lowest BCUT2D eigenvalue weighted by Crippen LogP contribution is -2.32. The maximum Gasteiger partial charge on any atom is 0.391 e. The van der Waals surface area contributed by atoms with Gasteiger partial charge < -0.3 is 5.11 Å². The largest absolute Gasteiger partial charge is 0.481 e. The predicted octanol–water partition coefficient (Wildman–Crippen LogP) is 2.39. The lowest BCUT2D eigenvalue weighted by molar-refractivity contribution is -0.142. The van der Waals surface area contributed by atoms with Crippen LogP contribution in [0.3, 0.4) is 0 Å². The van der Waals surface area contributed by atoms with Crippen LogP contribution in [0.4, 0.5) is 13.2 Å². The van der Waals surface area contributed by atoms with E-state index in [4.69, 9.17) is 5.11 Å². The van der Waals surface area contributed by atoms with Crippen molar-refractivity contribution in [1.29, 1.82) is 0 Å². The number of aryl methyl sites for hydroxylation is 1. The minimum absolute atomic E-state index is 0.124. The number of hydrogen-bond acceptors (Lipinski definition) is 3. The van der Waals surface area contributed by atoms with Crippen molar-refractivity contribution in [1.82, 2.24) is 9.55 Å². The molecule has 0 bridgehead atoms. The molecule has 1 atom stereocenters. The quantitative estimate of drug-likeness (QED) is 0.906. The first-order valence-electron chi connectivity index (χ1n) is 6.40. The second-order valence-electron chi connectivity index (χ2n) is 4.98.